The molecule has 8 nitrogen and oxygen atoms in total. The van der Waals surface area contributed by atoms with E-state index in [0.29, 0.717) is 0 Å². The Bertz CT molecular complexity index is 7150. The minimum absolute atomic E-state index is 0.0862. The molecule has 0 unspecified atom stereocenters. The van der Waals surface area contributed by atoms with Gasteiger partial charge in [-0.15, -0.1) is 0 Å². The normalized spacial score (nSPS) is 12.5. The van der Waals surface area contributed by atoms with Crippen molar-refractivity contribution in [2.75, 3.05) is 9.80 Å². The molecule has 0 amide bonds. The Hall–Kier alpha value is -14.9. The summed E-state index contributed by atoms with van der Waals surface area (Å²) in [6, 6.07) is 135. The van der Waals surface area contributed by atoms with E-state index in [1.54, 1.807) is 0 Å². The number of ether oxygens (including phenoxy) is 2. The average Bonchev–Trinajstić information content (AvgIpc) is 1.62. The second-order valence-corrected chi connectivity index (χ2v) is 30.0. The number of anilines is 6. The molecule has 2 aliphatic heterocycles. The Morgan fingerprint density at radius 2 is 0.628 bits per heavy atom. The first-order valence-corrected chi connectivity index (χ1v) is 38.6. The summed E-state index contributed by atoms with van der Waals surface area (Å²) >= 11 is 0. The summed E-state index contributed by atoms with van der Waals surface area (Å²) in [7, 11) is 0. The van der Waals surface area contributed by atoms with Gasteiger partial charge in [-0.1, -0.05) is 220 Å². The topological polar surface area (TPSA) is 60.6 Å². The van der Waals surface area contributed by atoms with Crippen LogP contribution in [0.25, 0.3) is 144 Å². The van der Waals surface area contributed by atoms with Crippen LogP contribution in [0.15, 0.2) is 389 Å². The quantitative estimate of drug-likeness (QED) is 0.129. The number of fused-ring (bicyclic) bond motifs is 13. The molecule has 3 aliphatic rings. The molecular weight excluding hydrogens is 1380 g/mol. The fourth-order valence-corrected chi connectivity index (χ4v) is 17.8. The third-order valence-corrected chi connectivity index (χ3v) is 23.2. The Morgan fingerprint density at radius 3 is 1.11 bits per heavy atom. The van der Waals surface area contributed by atoms with Crippen molar-refractivity contribution in [1.29, 1.82) is 0 Å². The third-order valence-electron chi connectivity index (χ3n) is 23.2. The van der Waals surface area contributed by atoms with Crippen LogP contribution in [0.1, 0.15) is 25.0 Å². The number of pyridine rings is 2. The molecule has 0 saturated carbocycles. The molecule has 1 aliphatic carbocycles. The van der Waals surface area contributed by atoms with Crippen LogP contribution in [0.2, 0.25) is 0 Å². The fraction of sp³-hybridized carbons (Fsp3) is 0.0286. The summed E-state index contributed by atoms with van der Waals surface area (Å²) in [5, 5.41) is 9.05. The number of aromatic nitrogens is 4. The summed E-state index contributed by atoms with van der Waals surface area (Å²) in [5.74, 6) is 3.33. The van der Waals surface area contributed by atoms with Crippen LogP contribution in [0.4, 0.5) is 34.1 Å². The molecule has 0 radical (unpaired) electrons. The van der Waals surface area contributed by atoms with Crippen molar-refractivity contribution in [2.24, 2.45) is 0 Å². The van der Waals surface area contributed by atoms with Crippen LogP contribution >= 0.6 is 0 Å². The first-order chi connectivity index (χ1) is 55.8. The summed E-state index contributed by atoms with van der Waals surface area (Å²) in [4.78, 5) is 14.5. The van der Waals surface area contributed by atoms with Gasteiger partial charge in [-0.05, 0) is 224 Å². The van der Waals surface area contributed by atoms with E-state index in [-0.39, 0.29) is 5.41 Å². The second kappa shape index (κ2) is 26.2. The highest BCUT2D eigenvalue weighted by atomic mass is 16.5. The standard InChI is InChI=1S/C54H37N3O.C51H33N3O/c1-54(2)46-18-10-9-17-41(46)42-26-25-40(31-47(42)54)56(37-13-5-3-6-14-37)39-23-20-34(21-24-39)36-22-27-48-43(30-36)44-32-45-51(33-49(44)57(48)38-15-7-4-8-16-38)58-50-19-11-12-35-28-29-55-53(45)52(35)50;1-4-11-34(12-5-1)35-19-24-41(25-20-35)53(39-14-6-2-7-15-39)42-26-21-36(22-27-42)38-23-28-46-43(31-38)44-32-45-49(33-47(44)54(46)40-16-8-3-9-17-40)55-48-18-10-13-37-29-30-52-51(45)50(37)48/h3-33H,1-2H3;1-33H. The van der Waals surface area contributed by atoms with Crippen LogP contribution in [-0.2, 0) is 5.41 Å². The highest BCUT2D eigenvalue weighted by Crippen LogP contribution is 2.54. The SMILES string of the molecule is CC1(C)c2ccccc2-c2ccc(N(c3ccccc3)c3ccc(-c4ccc5c(c4)c4cc6c(cc4n5-c4ccccc4)Oc4cccc5ccnc-6c45)cc3)cc21.c1ccc(-c2ccc(N(c3ccccc3)c3ccc(-c4ccc5c(c4)c4cc6c(cc4n5-c4ccccc4)Oc4cccc5ccnc-6c45)cc3)cc2)cc1. The van der Waals surface area contributed by atoms with Gasteiger partial charge in [-0.25, -0.2) is 0 Å². The molecule has 0 bridgehead atoms. The molecule has 0 fully saturated rings. The van der Waals surface area contributed by atoms with Gasteiger partial charge in [0.15, 0.2) is 0 Å². The lowest BCUT2D eigenvalue weighted by Gasteiger charge is -2.28. The molecule has 4 aromatic heterocycles. The van der Waals surface area contributed by atoms with Gasteiger partial charge in [0.25, 0.3) is 0 Å². The van der Waals surface area contributed by atoms with Gasteiger partial charge in [0.1, 0.15) is 23.0 Å². The monoisotopic (exact) mass is 1450 g/mol. The maximum atomic E-state index is 6.62. The van der Waals surface area contributed by atoms with Gasteiger partial charge >= 0.3 is 0 Å². The highest BCUT2D eigenvalue weighted by molar-refractivity contribution is 6.16. The lowest BCUT2D eigenvalue weighted by molar-refractivity contribution is 0.487. The van der Waals surface area contributed by atoms with Crippen LogP contribution in [0, 0.1) is 0 Å². The molecule has 0 spiro atoms. The maximum Gasteiger partial charge on any atom is 0.139 e. The van der Waals surface area contributed by atoms with E-state index in [1.807, 2.05) is 36.7 Å². The zero-order valence-corrected chi connectivity index (χ0v) is 62.0. The summed E-state index contributed by atoms with van der Waals surface area (Å²) < 4.78 is 17.9. The predicted molar refractivity (Wildman–Crippen MR) is 466 cm³/mol. The molecule has 0 atom stereocenters. The van der Waals surface area contributed by atoms with E-state index in [2.05, 4.69) is 385 Å². The number of hydrogen-bond donors (Lipinski definition) is 0. The van der Waals surface area contributed by atoms with E-state index < -0.39 is 0 Å². The number of benzene rings is 16. The molecule has 532 valence electrons. The van der Waals surface area contributed by atoms with Crippen molar-refractivity contribution in [3.05, 3.63) is 400 Å². The average molecular weight is 1450 g/mol. The Morgan fingerprint density at radius 1 is 0.257 bits per heavy atom. The molecule has 6 heterocycles. The van der Waals surface area contributed by atoms with E-state index in [0.717, 1.165) is 168 Å². The maximum absolute atomic E-state index is 6.62. The van der Waals surface area contributed by atoms with Gasteiger partial charge < -0.3 is 28.4 Å². The fourth-order valence-electron chi connectivity index (χ4n) is 17.8. The molecule has 113 heavy (non-hydrogen) atoms. The van der Waals surface area contributed by atoms with Crippen LogP contribution in [0.3, 0.4) is 0 Å². The first-order valence-electron chi connectivity index (χ1n) is 38.6. The zero-order valence-electron chi connectivity index (χ0n) is 62.0. The van der Waals surface area contributed by atoms with Crippen molar-refractivity contribution >= 4 is 99.3 Å². The Labute approximate surface area is 653 Å². The number of para-hydroxylation sites is 4. The smallest absolute Gasteiger partial charge is 0.139 e. The lowest BCUT2D eigenvalue weighted by Crippen LogP contribution is -2.16. The Balaban J connectivity index is 0.000000138. The van der Waals surface area contributed by atoms with Crippen LogP contribution in [0.5, 0.6) is 23.0 Å². The van der Waals surface area contributed by atoms with Gasteiger partial charge in [0.05, 0.1) is 44.2 Å². The lowest BCUT2D eigenvalue weighted by atomic mass is 9.82. The number of hydrogen-bond acceptors (Lipinski definition) is 6. The van der Waals surface area contributed by atoms with Crippen molar-refractivity contribution in [1.82, 2.24) is 19.1 Å². The molecular formula is C105H70N6O2. The minimum Gasteiger partial charge on any atom is -0.456 e. The number of nitrogens with zero attached hydrogens (tertiary/aromatic N) is 6. The van der Waals surface area contributed by atoms with Gasteiger partial charge in [-0.2, -0.15) is 0 Å². The third kappa shape index (κ3) is 10.8. The van der Waals surface area contributed by atoms with Gasteiger partial charge in [-0.3, -0.25) is 9.97 Å². The van der Waals surface area contributed by atoms with Gasteiger partial charge in [0.2, 0.25) is 0 Å². The van der Waals surface area contributed by atoms with E-state index in [4.69, 9.17) is 19.4 Å². The minimum atomic E-state index is -0.0862. The van der Waals surface area contributed by atoms with Crippen molar-refractivity contribution in [3.63, 3.8) is 0 Å². The molecule has 20 aromatic rings. The highest BCUT2D eigenvalue weighted by Gasteiger charge is 2.36. The van der Waals surface area contributed by atoms with E-state index in [9.17, 15) is 0 Å². The van der Waals surface area contributed by atoms with Crippen LogP contribution < -0.4 is 19.3 Å². The second-order valence-electron chi connectivity index (χ2n) is 30.0. The zero-order chi connectivity index (χ0) is 74.8. The summed E-state index contributed by atoms with van der Waals surface area (Å²) in [6.07, 6.45) is 3.80. The van der Waals surface area contributed by atoms with E-state index in [1.165, 1.54) is 44.2 Å². The number of rotatable bonds is 11. The molecule has 23 rings (SSSR count). The largest absolute Gasteiger partial charge is 0.456 e. The molecule has 16 aromatic carbocycles. The first kappa shape index (κ1) is 65.2. The van der Waals surface area contributed by atoms with Crippen molar-refractivity contribution < 1.29 is 9.47 Å². The molecule has 8 heteroatoms. The van der Waals surface area contributed by atoms with Crippen molar-refractivity contribution in [2.45, 2.75) is 19.3 Å². The Kier molecular flexibility index (Phi) is 15.1. The van der Waals surface area contributed by atoms with Crippen molar-refractivity contribution in [3.8, 4) is 101 Å². The van der Waals surface area contributed by atoms with Gasteiger partial charge in [0, 0.05) is 108 Å². The summed E-state index contributed by atoms with van der Waals surface area (Å²) in [5.41, 5.74) is 29.7. The summed E-state index contributed by atoms with van der Waals surface area (Å²) in [6.45, 7) is 4.69. The van der Waals surface area contributed by atoms with Crippen LogP contribution in [-0.4, -0.2) is 19.1 Å². The van der Waals surface area contributed by atoms with E-state index >= 15 is 0 Å². The molecule has 0 N–H and O–H groups in total. The predicted octanol–water partition coefficient (Wildman–Crippen LogP) is 28.5. The molecule has 0 saturated heterocycles.